The summed E-state index contributed by atoms with van der Waals surface area (Å²) in [7, 11) is 0. The minimum atomic E-state index is -1.28. The number of amides is 1. The Hall–Kier alpha value is -2.11. The highest BCUT2D eigenvalue weighted by molar-refractivity contribution is 5.82. The predicted molar refractivity (Wildman–Crippen MR) is 86.4 cm³/mol. The molecule has 1 aromatic heterocycles. The molecule has 0 aliphatic heterocycles. The van der Waals surface area contributed by atoms with Crippen LogP contribution in [0.4, 0.5) is 0 Å². The number of aliphatic carboxylic acids is 1. The van der Waals surface area contributed by atoms with Crippen LogP contribution >= 0.6 is 0 Å². The summed E-state index contributed by atoms with van der Waals surface area (Å²) in [4.78, 5) is 29.6. The number of carbonyl (C=O) groups excluding carboxylic acids is 2. The van der Waals surface area contributed by atoms with Gasteiger partial charge >= 0.3 is 0 Å². The highest BCUT2D eigenvalue weighted by Gasteiger charge is 2.14. The molecule has 0 aromatic carbocycles. The first-order valence-electron chi connectivity index (χ1n) is 8.22. The van der Waals surface area contributed by atoms with E-state index in [0.717, 1.165) is 32.1 Å². The number of hydrogen-bond donors (Lipinski definition) is 2. The SMILES string of the molecule is C=CCCCCCCCCC(=O)N[C@@H](Cc1cnc[nH]1)C(=O)[O-]. The number of hydrogen-bond acceptors (Lipinski definition) is 4. The standard InChI is InChI=1S/C17H27N3O3/c1-2-3-4-5-6-7-8-9-10-16(21)20-15(17(22)23)11-14-12-18-13-19-14/h2,12-13,15H,1,3-11H2,(H,18,19)(H,20,21)(H,22,23)/p-1/t15-/m0/s1. The van der Waals surface area contributed by atoms with E-state index in [1.807, 2.05) is 6.08 Å². The molecule has 0 bridgehead atoms. The van der Waals surface area contributed by atoms with E-state index in [-0.39, 0.29) is 12.3 Å². The molecule has 1 aromatic rings. The first-order valence-corrected chi connectivity index (χ1v) is 8.22. The van der Waals surface area contributed by atoms with Gasteiger partial charge in [-0.05, 0) is 19.3 Å². The lowest BCUT2D eigenvalue weighted by molar-refractivity contribution is -0.308. The number of nitrogens with zero attached hydrogens (tertiary/aromatic N) is 1. The topological polar surface area (TPSA) is 97.9 Å². The predicted octanol–water partition coefficient (Wildman–Crippen LogP) is 1.49. The average Bonchev–Trinajstić information content (AvgIpc) is 3.02. The van der Waals surface area contributed by atoms with Gasteiger partial charge in [0, 0.05) is 24.7 Å². The molecule has 1 atom stereocenters. The number of rotatable bonds is 13. The Morgan fingerprint density at radius 3 is 2.57 bits per heavy atom. The summed E-state index contributed by atoms with van der Waals surface area (Å²) in [6.45, 7) is 3.69. The largest absolute Gasteiger partial charge is 0.548 e. The molecule has 0 saturated carbocycles. The van der Waals surface area contributed by atoms with E-state index in [0.29, 0.717) is 12.1 Å². The van der Waals surface area contributed by atoms with Crippen LogP contribution < -0.4 is 10.4 Å². The number of aromatic nitrogens is 2. The van der Waals surface area contributed by atoms with Crippen LogP contribution in [0.5, 0.6) is 0 Å². The van der Waals surface area contributed by atoms with Gasteiger partial charge in [0.15, 0.2) is 0 Å². The number of nitrogens with one attached hydrogen (secondary N) is 2. The molecule has 0 unspecified atom stereocenters. The number of allylic oxidation sites excluding steroid dienone is 1. The highest BCUT2D eigenvalue weighted by atomic mass is 16.4. The Morgan fingerprint density at radius 1 is 1.26 bits per heavy atom. The second-order valence-corrected chi connectivity index (χ2v) is 5.67. The van der Waals surface area contributed by atoms with E-state index >= 15 is 0 Å². The number of unbranched alkanes of at least 4 members (excludes halogenated alkanes) is 6. The van der Waals surface area contributed by atoms with Crippen LogP contribution in [-0.4, -0.2) is 27.9 Å². The molecule has 0 aliphatic rings. The molecule has 1 rings (SSSR count). The number of carbonyl (C=O) groups is 2. The van der Waals surface area contributed by atoms with Gasteiger partial charge in [-0.3, -0.25) is 4.79 Å². The van der Waals surface area contributed by atoms with E-state index in [9.17, 15) is 14.7 Å². The van der Waals surface area contributed by atoms with E-state index < -0.39 is 12.0 Å². The monoisotopic (exact) mass is 320 g/mol. The summed E-state index contributed by atoms with van der Waals surface area (Å²) in [5, 5.41) is 13.6. The van der Waals surface area contributed by atoms with Crippen molar-refractivity contribution in [2.24, 2.45) is 0 Å². The molecule has 6 heteroatoms. The summed E-state index contributed by atoms with van der Waals surface area (Å²) in [5.74, 6) is -1.53. The van der Waals surface area contributed by atoms with Gasteiger partial charge in [0.25, 0.3) is 0 Å². The van der Waals surface area contributed by atoms with Gasteiger partial charge in [0.05, 0.1) is 18.3 Å². The summed E-state index contributed by atoms with van der Waals surface area (Å²) in [6, 6.07) is -1.03. The van der Waals surface area contributed by atoms with Crippen LogP contribution in [-0.2, 0) is 16.0 Å². The lowest BCUT2D eigenvalue weighted by Gasteiger charge is -2.19. The second kappa shape index (κ2) is 11.5. The van der Waals surface area contributed by atoms with Gasteiger partial charge in [-0.1, -0.05) is 31.8 Å². The van der Waals surface area contributed by atoms with E-state index in [1.165, 1.54) is 25.4 Å². The number of carboxylic acids is 1. The van der Waals surface area contributed by atoms with Crippen molar-refractivity contribution in [1.82, 2.24) is 15.3 Å². The van der Waals surface area contributed by atoms with Crippen LogP contribution in [0.2, 0.25) is 0 Å². The minimum absolute atomic E-state index is 0.150. The first-order chi connectivity index (χ1) is 11.1. The third-order valence-electron chi connectivity index (χ3n) is 3.66. The van der Waals surface area contributed by atoms with Crippen molar-refractivity contribution in [2.45, 2.75) is 63.8 Å². The first kappa shape index (κ1) is 18.9. The Morgan fingerprint density at radius 2 is 1.96 bits per heavy atom. The molecule has 1 amide bonds. The van der Waals surface area contributed by atoms with Crippen molar-refractivity contribution in [1.29, 1.82) is 0 Å². The maximum absolute atomic E-state index is 11.8. The molecular formula is C17H26N3O3-. The maximum Gasteiger partial charge on any atom is 0.220 e. The fourth-order valence-corrected chi connectivity index (χ4v) is 2.36. The lowest BCUT2D eigenvalue weighted by atomic mass is 10.1. The number of aromatic amines is 1. The zero-order chi connectivity index (χ0) is 16.9. The normalized spacial score (nSPS) is 11.8. The molecule has 0 saturated heterocycles. The van der Waals surface area contributed by atoms with E-state index in [4.69, 9.17) is 0 Å². The lowest BCUT2D eigenvalue weighted by Crippen LogP contribution is -2.49. The van der Waals surface area contributed by atoms with Gasteiger partial charge in [-0.15, -0.1) is 6.58 Å². The van der Waals surface area contributed by atoms with Crippen LogP contribution in [0.25, 0.3) is 0 Å². The van der Waals surface area contributed by atoms with Gasteiger partial charge in [0.2, 0.25) is 5.91 Å². The zero-order valence-corrected chi connectivity index (χ0v) is 13.6. The van der Waals surface area contributed by atoms with Crippen molar-refractivity contribution < 1.29 is 14.7 Å². The Balaban J connectivity index is 2.15. The summed E-state index contributed by atoms with van der Waals surface area (Å²) < 4.78 is 0. The average molecular weight is 320 g/mol. The molecule has 6 nitrogen and oxygen atoms in total. The number of H-pyrrole nitrogens is 1. The van der Waals surface area contributed by atoms with Crippen LogP contribution in [0, 0.1) is 0 Å². The van der Waals surface area contributed by atoms with Gasteiger partial charge in [-0.25, -0.2) is 4.98 Å². The van der Waals surface area contributed by atoms with Crippen molar-refractivity contribution in [3.05, 3.63) is 30.9 Å². The van der Waals surface area contributed by atoms with Gasteiger partial charge < -0.3 is 20.2 Å². The molecule has 0 aliphatic carbocycles. The van der Waals surface area contributed by atoms with Crippen molar-refractivity contribution in [3.63, 3.8) is 0 Å². The van der Waals surface area contributed by atoms with E-state index in [2.05, 4.69) is 21.9 Å². The molecule has 23 heavy (non-hydrogen) atoms. The Bertz CT molecular complexity index is 471. The quantitative estimate of drug-likeness (QED) is 0.425. The molecular weight excluding hydrogens is 294 g/mol. The zero-order valence-electron chi connectivity index (χ0n) is 13.6. The minimum Gasteiger partial charge on any atom is -0.548 e. The molecule has 0 spiro atoms. The third-order valence-corrected chi connectivity index (χ3v) is 3.66. The molecule has 128 valence electrons. The molecule has 0 fully saturated rings. The summed E-state index contributed by atoms with van der Waals surface area (Å²) >= 11 is 0. The van der Waals surface area contributed by atoms with Gasteiger partial charge in [0.1, 0.15) is 0 Å². The van der Waals surface area contributed by atoms with Crippen molar-refractivity contribution >= 4 is 11.9 Å². The maximum atomic E-state index is 11.8. The van der Waals surface area contributed by atoms with Crippen molar-refractivity contribution in [2.75, 3.05) is 0 Å². The Kier molecular flexibility index (Phi) is 9.43. The molecule has 1 heterocycles. The fraction of sp³-hybridized carbons (Fsp3) is 0.588. The number of imidazole rings is 1. The van der Waals surface area contributed by atoms with Crippen LogP contribution in [0.15, 0.2) is 25.2 Å². The van der Waals surface area contributed by atoms with Crippen molar-refractivity contribution in [3.8, 4) is 0 Å². The summed E-state index contributed by atoms with van der Waals surface area (Å²) in [5.41, 5.74) is 0.652. The highest BCUT2D eigenvalue weighted by Crippen LogP contribution is 2.09. The number of carboxylic acid groups (broad SMARTS) is 1. The van der Waals surface area contributed by atoms with Crippen LogP contribution in [0.1, 0.15) is 57.1 Å². The molecule has 2 N–H and O–H groups in total. The van der Waals surface area contributed by atoms with Crippen LogP contribution in [0.3, 0.4) is 0 Å². The summed E-state index contributed by atoms with van der Waals surface area (Å²) in [6.07, 6.45) is 12.9. The fourth-order valence-electron chi connectivity index (χ4n) is 2.36. The van der Waals surface area contributed by atoms with Gasteiger partial charge in [-0.2, -0.15) is 0 Å². The third kappa shape index (κ3) is 8.80. The smallest absolute Gasteiger partial charge is 0.220 e. The van der Waals surface area contributed by atoms with E-state index in [1.54, 1.807) is 0 Å². The second-order valence-electron chi connectivity index (χ2n) is 5.67. The Labute approximate surface area is 137 Å². The molecule has 0 radical (unpaired) electrons.